The normalized spacial score (nSPS) is 28.1. The average molecular weight is 386 g/mol. The van der Waals surface area contributed by atoms with Crippen molar-refractivity contribution in [1.29, 1.82) is 0 Å². The molecule has 0 aromatic carbocycles. The minimum Gasteiger partial charge on any atom is -0.477 e. The first-order valence-corrected chi connectivity index (χ1v) is 9.75. The van der Waals surface area contributed by atoms with Crippen LogP contribution in [0.5, 0.6) is 5.88 Å². The van der Waals surface area contributed by atoms with Crippen LogP contribution in [0.4, 0.5) is 16.4 Å². The highest BCUT2D eigenvalue weighted by molar-refractivity contribution is 5.67. The zero-order valence-electron chi connectivity index (χ0n) is 16.2. The summed E-state index contributed by atoms with van der Waals surface area (Å²) in [5.74, 6) is 1.70. The summed E-state index contributed by atoms with van der Waals surface area (Å²) in [7, 11) is 0. The molecule has 0 saturated heterocycles. The van der Waals surface area contributed by atoms with Gasteiger partial charge in [-0.2, -0.15) is 10.1 Å². The highest BCUT2D eigenvalue weighted by Crippen LogP contribution is 2.41. The molecular formula is C19H26N6O3. The molecule has 28 heavy (non-hydrogen) atoms. The van der Waals surface area contributed by atoms with Crippen molar-refractivity contribution in [2.75, 3.05) is 11.9 Å². The molecule has 2 aromatic heterocycles. The molecule has 1 saturated carbocycles. The fraction of sp³-hybridized carbons (Fsp3) is 0.579. The lowest BCUT2D eigenvalue weighted by atomic mass is 9.85. The van der Waals surface area contributed by atoms with E-state index in [4.69, 9.17) is 9.47 Å². The second-order valence-electron chi connectivity index (χ2n) is 7.90. The molecule has 1 fully saturated rings. The fourth-order valence-corrected chi connectivity index (χ4v) is 3.86. The van der Waals surface area contributed by atoms with Crippen LogP contribution in [-0.4, -0.2) is 45.0 Å². The quantitative estimate of drug-likeness (QED) is 0.637. The smallest absolute Gasteiger partial charge is 0.407 e. The molecule has 2 aliphatic rings. The predicted molar refractivity (Wildman–Crippen MR) is 103 cm³/mol. The molecule has 0 spiro atoms. The molecule has 1 amide bonds. The molecule has 4 rings (SSSR count). The SMILES string of the molecule is C[C@H]1CCCOc2cncc(n2)Nc2cc([nH]n2)C2(C)CC[C@H](C2)OC(=O)N1. The van der Waals surface area contributed by atoms with Gasteiger partial charge in [0.05, 0.1) is 19.0 Å². The van der Waals surface area contributed by atoms with Crippen molar-refractivity contribution in [1.82, 2.24) is 25.5 Å². The van der Waals surface area contributed by atoms with Crippen molar-refractivity contribution in [3.8, 4) is 5.88 Å². The van der Waals surface area contributed by atoms with E-state index in [2.05, 4.69) is 37.7 Å². The number of hydrogen-bond acceptors (Lipinski definition) is 7. The number of rotatable bonds is 0. The Kier molecular flexibility index (Phi) is 5.06. The molecule has 3 atom stereocenters. The van der Waals surface area contributed by atoms with Crippen LogP contribution in [0.2, 0.25) is 0 Å². The van der Waals surface area contributed by atoms with Gasteiger partial charge in [0.1, 0.15) is 6.10 Å². The molecule has 1 aliphatic carbocycles. The van der Waals surface area contributed by atoms with Crippen LogP contribution in [0, 0.1) is 0 Å². The second-order valence-corrected chi connectivity index (χ2v) is 7.90. The molecule has 2 aromatic rings. The van der Waals surface area contributed by atoms with Gasteiger partial charge in [-0.05, 0) is 39.0 Å². The van der Waals surface area contributed by atoms with Crippen LogP contribution in [0.15, 0.2) is 18.5 Å². The number of anilines is 2. The van der Waals surface area contributed by atoms with Crippen LogP contribution in [-0.2, 0) is 10.2 Å². The first-order valence-electron chi connectivity index (χ1n) is 9.75. The standard InChI is InChI=1S/C19H26N6O3/c1-12-4-3-7-27-17-11-20-10-16(23-17)22-15-8-14(24-25-15)19(2)6-5-13(9-19)28-18(26)21-12/h8,10-13H,3-7,9H2,1-2H3,(H,21,26)(H2,22,23,24,25)/t12-,13+,19?/m0/s1. The molecule has 6 bridgehead atoms. The Morgan fingerprint density at radius 2 is 2.14 bits per heavy atom. The number of H-pyrrole nitrogens is 1. The van der Waals surface area contributed by atoms with Gasteiger partial charge >= 0.3 is 6.09 Å². The van der Waals surface area contributed by atoms with E-state index >= 15 is 0 Å². The van der Waals surface area contributed by atoms with E-state index in [0.29, 0.717) is 24.1 Å². The number of carbonyl (C=O) groups is 1. The maximum atomic E-state index is 12.2. The third kappa shape index (κ3) is 4.18. The van der Waals surface area contributed by atoms with Crippen molar-refractivity contribution in [3.05, 3.63) is 24.2 Å². The van der Waals surface area contributed by atoms with Gasteiger partial charge in [-0.25, -0.2) is 4.79 Å². The largest absolute Gasteiger partial charge is 0.477 e. The third-order valence-corrected chi connectivity index (χ3v) is 5.46. The van der Waals surface area contributed by atoms with Crippen molar-refractivity contribution in [2.45, 2.75) is 63.5 Å². The number of hydrogen-bond donors (Lipinski definition) is 3. The van der Waals surface area contributed by atoms with E-state index < -0.39 is 0 Å². The summed E-state index contributed by atoms with van der Waals surface area (Å²) < 4.78 is 11.3. The minimum atomic E-state index is -0.352. The zero-order valence-corrected chi connectivity index (χ0v) is 16.2. The Bertz CT molecular complexity index is 841. The monoisotopic (exact) mass is 386 g/mol. The Labute approximate surface area is 163 Å². The molecule has 0 radical (unpaired) electrons. The number of nitrogens with zero attached hydrogens (tertiary/aromatic N) is 3. The zero-order chi connectivity index (χ0) is 19.6. The van der Waals surface area contributed by atoms with E-state index in [9.17, 15) is 4.79 Å². The summed E-state index contributed by atoms with van der Waals surface area (Å²) in [4.78, 5) is 20.8. The Morgan fingerprint density at radius 3 is 3.04 bits per heavy atom. The van der Waals surface area contributed by atoms with Gasteiger partial charge in [-0.15, -0.1) is 0 Å². The summed E-state index contributed by atoms with van der Waals surface area (Å²) in [6.45, 7) is 4.63. The number of nitrogens with one attached hydrogen (secondary N) is 3. The number of carbonyl (C=O) groups excluding carboxylic acids is 1. The lowest BCUT2D eigenvalue weighted by Crippen LogP contribution is -2.35. The first kappa shape index (κ1) is 18.5. The number of ether oxygens (including phenoxy) is 2. The lowest BCUT2D eigenvalue weighted by molar-refractivity contribution is 0.0946. The van der Waals surface area contributed by atoms with Gasteiger partial charge in [0.25, 0.3) is 0 Å². The van der Waals surface area contributed by atoms with E-state index in [1.165, 1.54) is 0 Å². The molecule has 150 valence electrons. The van der Waals surface area contributed by atoms with Crippen molar-refractivity contribution >= 4 is 17.7 Å². The van der Waals surface area contributed by atoms with Crippen LogP contribution in [0.3, 0.4) is 0 Å². The number of aromatic nitrogens is 4. The van der Waals surface area contributed by atoms with E-state index in [-0.39, 0.29) is 23.7 Å². The Morgan fingerprint density at radius 1 is 1.25 bits per heavy atom. The van der Waals surface area contributed by atoms with Gasteiger partial charge in [-0.1, -0.05) is 6.92 Å². The maximum absolute atomic E-state index is 12.2. The number of fused-ring (bicyclic) bond motifs is 7. The topological polar surface area (TPSA) is 114 Å². The van der Waals surface area contributed by atoms with E-state index in [0.717, 1.165) is 37.8 Å². The van der Waals surface area contributed by atoms with Crippen LogP contribution < -0.4 is 15.4 Å². The molecular weight excluding hydrogens is 360 g/mol. The van der Waals surface area contributed by atoms with Gasteiger partial charge in [0.2, 0.25) is 5.88 Å². The molecule has 3 N–H and O–H groups in total. The molecule has 1 unspecified atom stereocenters. The van der Waals surface area contributed by atoms with Crippen molar-refractivity contribution < 1.29 is 14.3 Å². The lowest BCUT2D eigenvalue weighted by Gasteiger charge is -2.22. The number of alkyl carbamates (subject to hydrolysis) is 1. The van der Waals surface area contributed by atoms with Crippen molar-refractivity contribution in [3.63, 3.8) is 0 Å². The van der Waals surface area contributed by atoms with E-state index in [1.807, 2.05) is 13.0 Å². The highest BCUT2D eigenvalue weighted by Gasteiger charge is 2.40. The Balaban J connectivity index is 1.56. The Hall–Kier alpha value is -2.84. The summed E-state index contributed by atoms with van der Waals surface area (Å²) >= 11 is 0. The average Bonchev–Trinajstić information content (AvgIpc) is 3.26. The molecule has 9 nitrogen and oxygen atoms in total. The summed E-state index contributed by atoms with van der Waals surface area (Å²) in [5, 5.41) is 13.5. The van der Waals surface area contributed by atoms with Gasteiger partial charge in [0.15, 0.2) is 11.6 Å². The molecule has 3 heterocycles. The van der Waals surface area contributed by atoms with Gasteiger partial charge in [-0.3, -0.25) is 10.1 Å². The highest BCUT2D eigenvalue weighted by atomic mass is 16.6. The van der Waals surface area contributed by atoms with E-state index in [1.54, 1.807) is 12.4 Å². The van der Waals surface area contributed by atoms with Crippen LogP contribution >= 0.6 is 0 Å². The number of amides is 1. The number of aromatic amines is 1. The molecule has 9 heteroatoms. The predicted octanol–water partition coefficient (Wildman–Crippen LogP) is 3.04. The van der Waals surface area contributed by atoms with Crippen LogP contribution in [0.25, 0.3) is 0 Å². The summed E-state index contributed by atoms with van der Waals surface area (Å²) in [6, 6.07) is 1.99. The summed E-state index contributed by atoms with van der Waals surface area (Å²) in [6.07, 6.45) is 6.86. The first-order chi connectivity index (χ1) is 13.5. The van der Waals surface area contributed by atoms with Gasteiger partial charge < -0.3 is 20.1 Å². The molecule has 1 aliphatic heterocycles. The second kappa shape index (κ2) is 7.65. The minimum absolute atomic E-state index is 0.0111. The van der Waals surface area contributed by atoms with Crippen LogP contribution in [0.1, 0.15) is 51.6 Å². The van der Waals surface area contributed by atoms with Crippen molar-refractivity contribution in [2.24, 2.45) is 0 Å². The van der Waals surface area contributed by atoms with Gasteiger partial charge in [0, 0.05) is 23.2 Å². The summed E-state index contributed by atoms with van der Waals surface area (Å²) in [5.41, 5.74) is 0.891. The fourth-order valence-electron chi connectivity index (χ4n) is 3.86. The third-order valence-electron chi connectivity index (χ3n) is 5.46. The maximum Gasteiger partial charge on any atom is 0.407 e.